The number of hydrogen-bond acceptors (Lipinski definition) is 4. The molecule has 1 saturated heterocycles. The van der Waals surface area contributed by atoms with Gasteiger partial charge >= 0.3 is 0 Å². The third-order valence-electron chi connectivity index (χ3n) is 2.37. The molecule has 1 fully saturated rings. The van der Waals surface area contributed by atoms with Crippen molar-refractivity contribution in [2.75, 3.05) is 46.4 Å². The van der Waals surface area contributed by atoms with Gasteiger partial charge in [-0.25, -0.2) is 0 Å². The van der Waals surface area contributed by atoms with Crippen LogP contribution in [0.3, 0.4) is 0 Å². The van der Waals surface area contributed by atoms with Crippen LogP contribution in [0.1, 0.15) is 6.42 Å². The monoisotopic (exact) mass is 237 g/mol. The van der Waals surface area contributed by atoms with Crippen molar-refractivity contribution < 1.29 is 13.2 Å². The first-order valence-corrected chi connectivity index (χ1v) is 6.48. The number of ether oxygens (including phenoxy) is 1. The van der Waals surface area contributed by atoms with E-state index in [-0.39, 0.29) is 0 Å². The standard InChI is InChI=1S/C8H19N3O3S/c1-10(4-2-3-9)15(12,13)11-5-7-14-8-6-11/h2-9H2,1H3. The predicted molar refractivity (Wildman–Crippen MR) is 57.6 cm³/mol. The summed E-state index contributed by atoms with van der Waals surface area (Å²) in [6.07, 6.45) is 0.681. The first-order chi connectivity index (χ1) is 7.09. The molecule has 2 N–H and O–H groups in total. The summed E-state index contributed by atoms with van der Waals surface area (Å²) in [6.45, 7) is 2.80. The molecule has 1 rings (SSSR count). The lowest BCUT2D eigenvalue weighted by Crippen LogP contribution is -2.47. The molecule has 0 atom stereocenters. The molecule has 0 aliphatic carbocycles. The van der Waals surface area contributed by atoms with Crippen molar-refractivity contribution in [2.24, 2.45) is 5.73 Å². The van der Waals surface area contributed by atoms with Crippen molar-refractivity contribution in [2.45, 2.75) is 6.42 Å². The van der Waals surface area contributed by atoms with Crippen molar-refractivity contribution in [1.29, 1.82) is 0 Å². The van der Waals surface area contributed by atoms with Gasteiger partial charge in [-0.05, 0) is 13.0 Å². The Labute approximate surface area is 91.2 Å². The molecule has 0 amide bonds. The third-order valence-corrected chi connectivity index (χ3v) is 4.36. The highest BCUT2D eigenvalue weighted by atomic mass is 32.2. The maximum absolute atomic E-state index is 11.9. The molecule has 1 aliphatic rings. The van der Waals surface area contributed by atoms with E-state index in [4.69, 9.17) is 10.5 Å². The van der Waals surface area contributed by atoms with Crippen LogP contribution in [-0.2, 0) is 14.9 Å². The minimum absolute atomic E-state index is 0.440. The van der Waals surface area contributed by atoms with Crippen LogP contribution in [0.5, 0.6) is 0 Å². The molecule has 90 valence electrons. The van der Waals surface area contributed by atoms with Crippen molar-refractivity contribution in [1.82, 2.24) is 8.61 Å². The molecule has 7 heteroatoms. The summed E-state index contributed by atoms with van der Waals surface area (Å²) in [5.74, 6) is 0. The van der Waals surface area contributed by atoms with Crippen LogP contribution in [-0.4, -0.2) is 63.5 Å². The number of morpholine rings is 1. The lowest BCUT2D eigenvalue weighted by molar-refractivity contribution is 0.0706. The largest absolute Gasteiger partial charge is 0.379 e. The molecule has 0 radical (unpaired) electrons. The zero-order valence-corrected chi connectivity index (χ0v) is 9.87. The molecule has 6 nitrogen and oxygen atoms in total. The first-order valence-electron chi connectivity index (χ1n) is 5.08. The van der Waals surface area contributed by atoms with Gasteiger partial charge in [0.25, 0.3) is 10.2 Å². The van der Waals surface area contributed by atoms with Crippen molar-refractivity contribution in [3.63, 3.8) is 0 Å². The van der Waals surface area contributed by atoms with E-state index >= 15 is 0 Å². The van der Waals surface area contributed by atoms with E-state index in [2.05, 4.69) is 0 Å². The van der Waals surface area contributed by atoms with Gasteiger partial charge in [-0.1, -0.05) is 0 Å². The molecule has 0 aromatic rings. The van der Waals surface area contributed by atoms with Gasteiger partial charge in [0, 0.05) is 26.7 Å². The van der Waals surface area contributed by atoms with Gasteiger partial charge in [-0.2, -0.15) is 17.0 Å². The molecule has 0 bridgehead atoms. The van der Waals surface area contributed by atoms with Gasteiger partial charge in [-0.15, -0.1) is 0 Å². The van der Waals surface area contributed by atoms with E-state index < -0.39 is 10.2 Å². The van der Waals surface area contributed by atoms with Crippen LogP contribution in [0.25, 0.3) is 0 Å². The summed E-state index contributed by atoms with van der Waals surface area (Å²) in [5.41, 5.74) is 5.34. The summed E-state index contributed by atoms with van der Waals surface area (Å²) in [7, 11) is -1.72. The molecular formula is C8H19N3O3S. The molecule has 0 saturated carbocycles. The Bertz CT molecular complexity index is 275. The highest BCUT2D eigenvalue weighted by Crippen LogP contribution is 2.09. The fourth-order valence-corrected chi connectivity index (χ4v) is 2.77. The van der Waals surface area contributed by atoms with Crippen LogP contribution >= 0.6 is 0 Å². The summed E-state index contributed by atoms with van der Waals surface area (Å²) in [6, 6.07) is 0. The zero-order chi connectivity index (χ0) is 11.3. The highest BCUT2D eigenvalue weighted by molar-refractivity contribution is 7.86. The van der Waals surface area contributed by atoms with E-state index in [1.54, 1.807) is 7.05 Å². The first kappa shape index (κ1) is 12.9. The number of hydrogen-bond donors (Lipinski definition) is 1. The van der Waals surface area contributed by atoms with Crippen LogP contribution in [0.15, 0.2) is 0 Å². The van der Waals surface area contributed by atoms with E-state index in [1.807, 2.05) is 0 Å². The molecule has 0 spiro atoms. The zero-order valence-electron chi connectivity index (χ0n) is 9.05. The maximum atomic E-state index is 11.9. The van der Waals surface area contributed by atoms with Gasteiger partial charge in [0.1, 0.15) is 0 Å². The Hall–Kier alpha value is -0.210. The molecule has 0 aromatic heterocycles. The molecule has 0 aromatic carbocycles. The molecular weight excluding hydrogens is 218 g/mol. The van der Waals surface area contributed by atoms with Crippen LogP contribution in [0, 0.1) is 0 Å². The summed E-state index contributed by atoms with van der Waals surface area (Å²) >= 11 is 0. The molecule has 1 heterocycles. The average Bonchev–Trinajstić information content (AvgIpc) is 2.27. The van der Waals surface area contributed by atoms with Crippen molar-refractivity contribution in [3.8, 4) is 0 Å². The van der Waals surface area contributed by atoms with E-state index in [9.17, 15) is 8.42 Å². The Morgan fingerprint density at radius 2 is 2.00 bits per heavy atom. The lowest BCUT2D eigenvalue weighted by Gasteiger charge is -2.30. The lowest BCUT2D eigenvalue weighted by atomic mass is 10.4. The quantitative estimate of drug-likeness (QED) is 0.654. The second-order valence-electron chi connectivity index (χ2n) is 3.48. The van der Waals surface area contributed by atoms with Gasteiger partial charge in [-0.3, -0.25) is 0 Å². The third kappa shape index (κ3) is 3.39. The fourth-order valence-electron chi connectivity index (χ4n) is 1.40. The molecule has 0 unspecified atom stereocenters. The predicted octanol–water partition coefficient (Wildman–Crippen LogP) is -1.16. The van der Waals surface area contributed by atoms with Gasteiger partial charge in [0.2, 0.25) is 0 Å². The number of rotatable bonds is 5. The van der Waals surface area contributed by atoms with Crippen LogP contribution in [0.4, 0.5) is 0 Å². The number of nitrogens with zero attached hydrogens (tertiary/aromatic N) is 2. The minimum atomic E-state index is -3.30. The minimum Gasteiger partial charge on any atom is -0.379 e. The SMILES string of the molecule is CN(CCCN)S(=O)(=O)N1CCOCC1. The van der Waals surface area contributed by atoms with E-state index in [0.29, 0.717) is 45.8 Å². The van der Waals surface area contributed by atoms with E-state index in [0.717, 1.165) is 0 Å². The van der Waals surface area contributed by atoms with Gasteiger partial charge < -0.3 is 10.5 Å². The Morgan fingerprint density at radius 1 is 1.40 bits per heavy atom. The van der Waals surface area contributed by atoms with Crippen molar-refractivity contribution in [3.05, 3.63) is 0 Å². The van der Waals surface area contributed by atoms with Gasteiger partial charge in [0.15, 0.2) is 0 Å². The highest BCUT2D eigenvalue weighted by Gasteiger charge is 2.27. The normalized spacial score (nSPS) is 19.7. The van der Waals surface area contributed by atoms with E-state index in [1.165, 1.54) is 8.61 Å². The Balaban J connectivity index is 2.55. The smallest absolute Gasteiger partial charge is 0.281 e. The van der Waals surface area contributed by atoms with Crippen LogP contribution < -0.4 is 5.73 Å². The van der Waals surface area contributed by atoms with Crippen molar-refractivity contribution >= 4 is 10.2 Å². The Kier molecular flexibility index (Phi) is 4.94. The Morgan fingerprint density at radius 3 is 2.53 bits per heavy atom. The fraction of sp³-hybridized carbons (Fsp3) is 1.00. The topological polar surface area (TPSA) is 75.9 Å². The summed E-state index contributed by atoms with van der Waals surface area (Å²) < 4.78 is 31.8. The van der Waals surface area contributed by atoms with Gasteiger partial charge in [0.05, 0.1) is 13.2 Å². The van der Waals surface area contributed by atoms with Crippen LogP contribution in [0.2, 0.25) is 0 Å². The maximum Gasteiger partial charge on any atom is 0.281 e. The molecule has 1 aliphatic heterocycles. The average molecular weight is 237 g/mol. The number of nitrogens with two attached hydrogens (primary N) is 1. The second kappa shape index (κ2) is 5.76. The second-order valence-corrected chi connectivity index (χ2v) is 5.52. The summed E-state index contributed by atoms with van der Waals surface area (Å²) in [4.78, 5) is 0. The molecule has 15 heavy (non-hydrogen) atoms. The summed E-state index contributed by atoms with van der Waals surface area (Å²) in [5, 5.41) is 0.